The number of H-pyrrole nitrogens is 1. The Balaban J connectivity index is 1.59. The molecule has 0 saturated heterocycles. The molecule has 1 amide bonds. The number of rotatable bonds is 2. The van der Waals surface area contributed by atoms with Crippen LogP contribution in [0.2, 0.25) is 0 Å². The van der Waals surface area contributed by atoms with E-state index in [1.165, 1.54) is 24.0 Å². The number of aromatic nitrogens is 1. The van der Waals surface area contributed by atoms with Crippen molar-refractivity contribution in [1.29, 1.82) is 0 Å². The van der Waals surface area contributed by atoms with E-state index < -0.39 is 5.76 Å². The Labute approximate surface area is 132 Å². The number of aromatic amines is 1. The van der Waals surface area contributed by atoms with E-state index in [2.05, 4.69) is 16.4 Å². The van der Waals surface area contributed by atoms with E-state index in [1.807, 2.05) is 12.1 Å². The third-order valence-corrected chi connectivity index (χ3v) is 4.29. The van der Waals surface area contributed by atoms with Crippen LogP contribution in [0.15, 0.2) is 45.6 Å². The summed E-state index contributed by atoms with van der Waals surface area (Å²) in [6.45, 7) is 0. The Morgan fingerprint density at radius 3 is 2.74 bits per heavy atom. The number of amides is 1. The van der Waals surface area contributed by atoms with Gasteiger partial charge in [-0.3, -0.25) is 9.78 Å². The first-order valence-corrected chi connectivity index (χ1v) is 7.75. The second-order valence-electron chi connectivity index (χ2n) is 5.87. The maximum Gasteiger partial charge on any atom is 0.417 e. The molecule has 1 aliphatic carbocycles. The van der Waals surface area contributed by atoms with E-state index in [0.29, 0.717) is 22.4 Å². The van der Waals surface area contributed by atoms with Gasteiger partial charge in [-0.15, -0.1) is 0 Å². The number of hydrogen-bond acceptors (Lipinski definition) is 3. The average Bonchev–Trinajstić information content (AvgIpc) is 2.93. The summed E-state index contributed by atoms with van der Waals surface area (Å²) < 4.78 is 4.95. The van der Waals surface area contributed by atoms with Crippen LogP contribution in [0, 0.1) is 0 Å². The van der Waals surface area contributed by atoms with Crippen molar-refractivity contribution in [1.82, 2.24) is 4.98 Å². The minimum atomic E-state index is -0.502. The molecule has 0 saturated carbocycles. The number of hydrogen-bond donors (Lipinski definition) is 2. The number of benzene rings is 2. The van der Waals surface area contributed by atoms with Gasteiger partial charge < -0.3 is 9.73 Å². The standard InChI is InChI=1S/C18H16N2O3/c21-17(13-6-5-11-3-1-2-4-12(11)9-13)19-14-7-8-16-15(10-14)20-18(22)23-16/h5-10H,1-4H2,(H,19,21)(H,20,22). The molecule has 0 unspecified atom stereocenters. The van der Waals surface area contributed by atoms with Crippen LogP contribution in [0.4, 0.5) is 5.69 Å². The van der Waals surface area contributed by atoms with Crippen LogP contribution < -0.4 is 11.1 Å². The van der Waals surface area contributed by atoms with Crippen LogP contribution in [-0.4, -0.2) is 10.9 Å². The molecular weight excluding hydrogens is 292 g/mol. The van der Waals surface area contributed by atoms with Crippen LogP contribution >= 0.6 is 0 Å². The van der Waals surface area contributed by atoms with E-state index in [9.17, 15) is 9.59 Å². The summed E-state index contributed by atoms with van der Waals surface area (Å²) in [6.07, 6.45) is 4.55. The molecule has 0 aliphatic heterocycles. The summed E-state index contributed by atoms with van der Waals surface area (Å²) in [7, 11) is 0. The normalized spacial score (nSPS) is 13.7. The number of oxazole rings is 1. The van der Waals surface area contributed by atoms with Crippen molar-refractivity contribution in [3.8, 4) is 0 Å². The van der Waals surface area contributed by atoms with Gasteiger partial charge in [0.2, 0.25) is 0 Å². The van der Waals surface area contributed by atoms with Crippen LogP contribution in [0.25, 0.3) is 11.1 Å². The molecule has 0 bridgehead atoms. The topological polar surface area (TPSA) is 75.1 Å². The van der Waals surface area contributed by atoms with Crippen molar-refractivity contribution in [2.45, 2.75) is 25.7 Å². The van der Waals surface area contributed by atoms with E-state index >= 15 is 0 Å². The van der Waals surface area contributed by atoms with E-state index in [-0.39, 0.29) is 5.91 Å². The molecule has 0 radical (unpaired) electrons. The highest BCUT2D eigenvalue weighted by Gasteiger charge is 2.13. The minimum absolute atomic E-state index is 0.149. The molecule has 1 aliphatic rings. The highest BCUT2D eigenvalue weighted by atomic mass is 16.4. The Kier molecular flexibility index (Phi) is 3.26. The molecule has 23 heavy (non-hydrogen) atoms. The van der Waals surface area contributed by atoms with E-state index in [1.54, 1.807) is 18.2 Å². The van der Waals surface area contributed by atoms with Gasteiger partial charge in [-0.25, -0.2) is 4.79 Å². The van der Waals surface area contributed by atoms with Crippen molar-refractivity contribution in [3.05, 3.63) is 63.6 Å². The van der Waals surface area contributed by atoms with E-state index in [0.717, 1.165) is 12.8 Å². The zero-order valence-electron chi connectivity index (χ0n) is 12.5. The highest BCUT2D eigenvalue weighted by Crippen LogP contribution is 2.23. The molecule has 1 aromatic heterocycles. The lowest BCUT2D eigenvalue weighted by atomic mass is 9.90. The first-order valence-electron chi connectivity index (χ1n) is 7.75. The van der Waals surface area contributed by atoms with Crippen molar-refractivity contribution < 1.29 is 9.21 Å². The van der Waals surface area contributed by atoms with Gasteiger partial charge in [-0.2, -0.15) is 0 Å². The minimum Gasteiger partial charge on any atom is -0.408 e. The molecule has 0 fully saturated rings. The van der Waals surface area contributed by atoms with Gasteiger partial charge in [-0.05, 0) is 67.1 Å². The zero-order chi connectivity index (χ0) is 15.8. The molecule has 5 heteroatoms. The average molecular weight is 308 g/mol. The fraction of sp³-hybridized carbons (Fsp3) is 0.222. The molecule has 0 spiro atoms. The van der Waals surface area contributed by atoms with Gasteiger partial charge in [0.1, 0.15) is 0 Å². The first-order chi connectivity index (χ1) is 11.2. The smallest absolute Gasteiger partial charge is 0.408 e. The number of aryl methyl sites for hydroxylation is 2. The number of anilines is 1. The number of nitrogens with one attached hydrogen (secondary N) is 2. The van der Waals surface area contributed by atoms with Gasteiger partial charge in [0.05, 0.1) is 5.52 Å². The second kappa shape index (κ2) is 5.43. The van der Waals surface area contributed by atoms with Crippen molar-refractivity contribution >= 4 is 22.7 Å². The molecular formula is C18H16N2O3. The van der Waals surface area contributed by atoms with Crippen LogP contribution in [0.1, 0.15) is 34.3 Å². The van der Waals surface area contributed by atoms with Gasteiger partial charge in [0.15, 0.2) is 5.58 Å². The first kappa shape index (κ1) is 13.8. The number of fused-ring (bicyclic) bond motifs is 2. The molecule has 2 aromatic carbocycles. The molecule has 2 N–H and O–H groups in total. The van der Waals surface area contributed by atoms with Gasteiger partial charge >= 0.3 is 5.76 Å². The molecule has 3 aromatic rings. The predicted octanol–water partition coefficient (Wildman–Crippen LogP) is 3.25. The SMILES string of the molecule is O=C(Nc1ccc2oc(=O)[nH]c2c1)c1ccc2c(c1)CCCC2. The Morgan fingerprint density at radius 2 is 1.87 bits per heavy atom. The molecule has 116 valence electrons. The summed E-state index contributed by atoms with van der Waals surface area (Å²) in [5.74, 6) is -0.651. The Hall–Kier alpha value is -2.82. The van der Waals surface area contributed by atoms with Gasteiger partial charge in [0, 0.05) is 11.3 Å². The lowest BCUT2D eigenvalue weighted by molar-refractivity contribution is 0.102. The number of carbonyl (C=O) groups excluding carboxylic acids is 1. The lowest BCUT2D eigenvalue weighted by Gasteiger charge is -2.16. The fourth-order valence-electron chi connectivity index (χ4n) is 3.11. The lowest BCUT2D eigenvalue weighted by Crippen LogP contribution is -2.13. The summed E-state index contributed by atoms with van der Waals surface area (Å²) in [6, 6.07) is 11.0. The highest BCUT2D eigenvalue weighted by molar-refractivity contribution is 6.05. The third-order valence-electron chi connectivity index (χ3n) is 4.29. The summed E-state index contributed by atoms with van der Waals surface area (Å²) in [5.41, 5.74) is 4.95. The maximum absolute atomic E-state index is 12.4. The molecule has 0 atom stereocenters. The number of carbonyl (C=O) groups is 1. The fourth-order valence-corrected chi connectivity index (χ4v) is 3.11. The largest absolute Gasteiger partial charge is 0.417 e. The summed E-state index contributed by atoms with van der Waals surface area (Å²) in [5, 5.41) is 2.86. The quantitative estimate of drug-likeness (QED) is 0.763. The van der Waals surface area contributed by atoms with Crippen molar-refractivity contribution in [3.63, 3.8) is 0 Å². The molecule has 4 rings (SSSR count). The monoisotopic (exact) mass is 308 g/mol. The van der Waals surface area contributed by atoms with Gasteiger partial charge in [0.25, 0.3) is 5.91 Å². The van der Waals surface area contributed by atoms with Crippen molar-refractivity contribution in [2.75, 3.05) is 5.32 Å². The van der Waals surface area contributed by atoms with E-state index in [4.69, 9.17) is 4.42 Å². The predicted molar refractivity (Wildman–Crippen MR) is 87.9 cm³/mol. The maximum atomic E-state index is 12.4. The summed E-state index contributed by atoms with van der Waals surface area (Å²) in [4.78, 5) is 26.2. The second-order valence-corrected chi connectivity index (χ2v) is 5.87. The van der Waals surface area contributed by atoms with Gasteiger partial charge in [-0.1, -0.05) is 6.07 Å². The Bertz CT molecular complexity index is 952. The zero-order valence-corrected chi connectivity index (χ0v) is 12.5. The Morgan fingerprint density at radius 1 is 1.04 bits per heavy atom. The summed E-state index contributed by atoms with van der Waals surface area (Å²) >= 11 is 0. The van der Waals surface area contributed by atoms with Crippen LogP contribution in [0.3, 0.4) is 0 Å². The van der Waals surface area contributed by atoms with Crippen LogP contribution in [0.5, 0.6) is 0 Å². The van der Waals surface area contributed by atoms with Crippen LogP contribution in [-0.2, 0) is 12.8 Å². The van der Waals surface area contributed by atoms with Crippen molar-refractivity contribution in [2.24, 2.45) is 0 Å². The molecule has 1 heterocycles. The molecule has 5 nitrogen and oxygen atoms in total. The third kappa shape index (κ3) is 2.65.